The van der Waals surface area contributed by atoms with E-state index in [0.29, 0.717) is 17.7 Å². The molecule has 0 spiro atoms. The van der Waals surface area contributed by atoms with Crippen molar-refractivity contribution in [3.63, 3.8) is 0 Å². The van der Waals surface area contributed by atoms with Crippen LogP contribution in [0.3, 0.4) is 0 Å². The van der Waals surface area contributed by atoms with E-state index in [1.165, 1.54) is 6.07 Å². The molecule has 5 heteroatoms. The zero-order valence-corrected chi connectivity index (χ0v) is 12.9. The first kappa shape index (κ1) is 14.9. The SMILES string of the molecule is CNC(Cc1ccc(Br)cc1F)c1ccncc1OC. The summed E-state index contributed by atoms with van der Waals surface area (Å²) in [5.41, 5.74) is 1.62. The lowest BCUT2D eigenvalue weighted by Gasteiger charge is -2.19. The molecule has 2 rings (SSSR count). The third-order valence-corrected chi connectivity index (χ3v) is 3.69. The molecule has 0 saturated heterocycles. The molecule has 2 aromatic rings. The predicted octanol–water partition coefficient (Wildman–Crippen LogP) is 3.50. The highest BCUT2D eigenvalue weighted by Crippen LogP contribution is 2.27. The van der Waals surface area contributed by atoms with Crippen LogP contribution in [0.15, 0.2) is 41.1 Å². The van der Waals surface area contributed by atoms with Gasteiger partial charge in [0.05, 0.1) is 13.3 Å². The van der Waals surface area contributed by atoms with E-state index in [-0.39, 0.29) is 11.9 Å². The van der Waals surface area contributed by atoms with Gasteiger partial charge >= 0.3 is 0 Å². The van der Waals surface area contributed by atoms with Gasteiger partial charge in [-0.3, -0.25) is 4.98 Å². The van der Waals surface area contributed by atoms with Gasteiger partial charge in [0.25, 0.3) is 0 Å². The second-order valence-corrected chi connectivity index (χ2v) is 5.31. The standard InChI is InChI=1S/C15H16BrFN2O/c1-18-14(12-5-6-19-9-15(12)20-2)7-10-3-4-11(16)8-13(10)17/h3-6,8-9,14,18H,7H2,1-2H3. The van der Waals surface area contributed by atoms with Crippen LogP contribution in [0.5, 0.6) is 5.75 Å². The van der Waals surface area contributed by atoms with Gasteiger partial charge in [0, 0.05) is 22.3 Å². The number of aromatic nitrogens is 1. The van der Waals surface area contributed by atoms with E-state index in [0.717, 1.165) is 10.0 Å². The van der Waals surface area contributed by atoms with Crippen molar-refractivity contribution in [2.45, 2.75) is 12.5 Å². The Bertz CT molecular complexity index is 592. The molecule has 106 valence electrons. The van der Waals surface area contributed by atoms with Crippen molar-refractivity contribution in [2.24, 2.45) is 0 Å². The van der Waals surface area contributed by atoms with E-state index in [4.69, 9.17) is 4.74 Å². The lowest BCUT2D eigenvalue weighted by atomic mass is 9.99. The summed E-state index contributed by atoms with van der Waals surface area (Å²) in [5.74, 6) is 0.483. The van der Waals surface area contributed by atoms with Crippen LogP contribution in [0, 0.1) is 5.82 Å². The first-order chi connectivity index (χ1) is 9.65. The van der Waals surface area contributed by atoms with E-state index in [1.54, 1.807) is 25.6 Å². The second kappa shape index (κ2) is 6.81. The molecule has 1 aromatic carbocycles. The third-order valence-electron chi connectivity index (χ3n) is 3.20. The van der Waals surface area contributed by atoms with Crippen molar-refractivity contribution in [1.82, 2.24) is 10.3 Å². The van der Waals surface area contributed by atoms with Crippen molar-refractivity contribution in [1.29, 1.82) is 0 Å². The average Bonchev–Trinajstić information content (AvgIpc) is 2.46. The normalized spacial score (nSPS) is 12.2. The Kier molecular flexibility index (Phi) is 5.09. The maximum absolute atomic E-state index is 13.9. The number of benzene rings is 1. The van der Waals surface area contributed by atoms with Crippen LogP contribution in [-0.4, -0.2) is 19.1 Å². The van der Waals surface area contributed by atoms with Gasteiger partial charge in [-0.15, -0.1) is 0 Å². The van der Waals surface area contributed by atoms with Crippen molar-refractivity contribution < 1.29 is 9.13 Å². The maximum Gasteiger partial charge on any atom is 0.141 e. The monoisotopic (exact) mass is 338 g/mol. The van der Waals surface area contributed by atoms with Gasteiger partial charge in [0.15, 0.2) is 0 Å². The fraction of sp³-hybridized carbons (Fsp3) is 0.267. The summed E-state index contributed by atoms with van der Waals surface area (Å²) >= 11 is 3.26. The molecule has 0 saturated carbocycles. The van der Waals surface area contributed by atoms with Crippen molar-refractivity contribution in [2.75, 3.05) is 14.2 Å². The average molecular weight is 339 g/mol. The molecule has 1 N–H and O–H groups in total. The largest absolute Gasteiger partial charge is 0.495 e. The summed E-state index contributed by atoms with van der Waals surface area (Å²) in [4.78, 5) is 4.04. The smallest absolute Gasteiger partial charge is 0.141 e. The molecule has 0 aliphatic heterocycles. The maximum atomic E-state index is 13.9. The first-order valence-electron chi connectivity index (χ1n) is 6.24. The Hall–Kier alpha value is -1.46. The number of methoxy groups -OCH3 is 1. The van der Waals surface area contributed by atoms with Gasteiger partial charge in [-0.25, -0.2) is 4.39 Å². The summed E-state index contributed by atoms with van der Waals surface area (Å²) in [6.07, 6.45) is 3.91. The van der Waals surface area contributed by atoms with Crippen LogP contribution >= 0.6 is 15.9 Å². The number of pyridine rings is 1. The molecule has 1 heterocycles. The summed E-state index contributed by atoms with van der Waals surface area (Å²) in [6.45, 7) is 0. The predicted molar refractivity (Wildman–Crippen MR) is 80.4 cm³/mol. The molecule has 0 amide bonds. The second-order valence-electron chi connectivity index (χ2n) is 4.40. The van der Waals surface area contributed by atoms with E-state index >= 15 is 0 Å². The summed E-state index contributed by atoms with van der Waals surface area (Å²) < 4.78 is 20.0. The highest BCUT2D eigenvalue weighted by molar-refractivity contribution is 9.10. The van der Waals surface area contributed by atoms with Crippen LogP contribution in [0.4, 0.5) is 4.39 Å². The number of halogens is 2. The summed E-state index contributed by atoms with van der Waals surface area (Å²) in [7, 11) is 3.45. The van der Waals surface area contributed by atoms with Crippen molar-refractivity contribution in [3.05, 3.63) is 58.1 Å². The lowest BCUT2D eigenvalue weighted by Crippen LogP contribution is -2.20. The van der Waals surface area contributed by atoms with Gasteiger partial charge in [0.2, 0.25) is 0 Å². The van der Waals surface area contributed by atoms with Crippen molar-refractivity contribution in [3.8, 4) is 5.75 Å². The minimum absolute atomic E-state index is 0.0383. The molecule has 1 aromatic heterocycles. The van der Waals surface area contributed by atoms with Gasteiger partial charge in [-0.05, 0) is 37.2 Å². The Labute approximate surface area is 126 Å². The van der Waals surface area contributed by atoms with Crippen LogP contribution in [0.1, 0.15) is 17.2 Å². The minimum atomic E-state index is -0.215. The first-order valence-corrected chi connectivity index (χ1v) is 7.04. The van der Waals surface area contributed by atoms with Gasteiger partial charge < -0.3 is 10.1 Å². The zero-order valence-electron chi connectivity index (χ0n) is 11.4. The highest BCUT2D eigenvalue weighted by atomic mass is 79.9. The van der Waals surface area contributed by atoms with Crippen LogP contribution in [0.25, 0.3) is 0 Å². The lowest BCUT2D eigenvalue weighted by molar-refractivity contribution is 0.398. The Morgan fingerprint density at radius 2 is 2.20 bits per heavy atom. The fourth-order valence-electron chi connectivity index (χ4n) is 2.12. The number of ether oxygens (including phenoxy) is 1. The molecular formula is C15H16BrFN2O. The Balaban J connectivity index is 2.29. The highest BCUT2D eigenvalue weighted by Gasteiger charge is 2.16. The number of hydrogen-bond donors (Lipinski definition) is 1. The quantitative estimate of drug-likeness (QED) is 0.905. The minimum Gasteiger partial charge on any atom is -0.495 e. The Morgan fingerprint density at radius 1 is 1.40 bits per heavy atom. The zero-order chi connectivity index (χ0) is 14.5. The van der Waals surface area contributed by atoms with Gasteiger partial charge in [-0.1, -0.05) is 22.0 Å². The molecule has 0 aliphatic rings. The number of nitrogens with zero attached hydrogens (tertiary/aromatic N) is 1. The number of rotatable bonds is 5. The molecular weight excluding hydrogens is 323 g/mol. The van der Waals surface area contributed by atoms with E-state index in [2.05, 4.69) is 26.2 Å². The van der Waals surface area contributed by atoms with E-state index < -0.39 is 0 Å². The Morgan fingerprint density at radius 3 is 2.85 bits per heavy atom. The van der Waals surface area contributed by atoms with Crippen LogP contribution < -0.4 is 10.1 Å². The molecule has 3 nitrogen and oxygen atoms in total. The number of hydrogen-bond acceptors (Lipinski definition) is 3. The van der Waals surface area contributed by atoms with E-state index in [1.807, 2.05) is 19.2 Å². The third kappa shape index (κ3) is 3.35. The van der Waals surface area contributed by atoms with Crippen LogP contribution in [-0.2, 0) is 6.42 Å². The molecule has 20 heavy (non-hydrogen) atoms. The van der Waals surface area contributed by atoms with Gasteiger partial charge in [0.1, 0.15) is 11.6 Å². The van der Waals surface area contributed by atoms with Gasteiger partial charge in [-0.2, -0.15) is 0 Å². The van der Waals surface area contributed by atoms with Crippen molar-refractivity contribution >= 4 is 15.9 Å². The molecule has 1 atom stereocenters. The fourth-order valence-corrected chi connectivity index (χ4v) is 2.46. The number of nitrogens with one attached hydrogen (secondary N) is 1. The number of likely N-dealkylation sites (N-methyl/N-ethyl adjacent to an activating group) is 1. The van der Waals surface area contributed by atoms with E-state index in [9.17, 15) is 4.39 Å². The molecule has 0 aliphatic carbocycles. The molecule has 1 unspecified atom stereocenters. The summed E-state index contributed by atoms with van der Waals surface area (Å²) in [6, 6.07) is 6.96. The molecule has 0 bridgehead atoms. The molecule has 0 radical (unpaired) electrons. The summed E-state index contributed by atoms with van der Waals surface area (Å²) in [5, 5.41) is 3.20. The topological polar surface area (TPSA) is 34.2 Å². The van der Waals surface area contributed by atoms with Crippen LogP contribution in [0.2, 0.25) is 0 Å². The molecule has 0 fully saturated rings.